The molecule has 0 aliphatic heterocycles. The molecule has 2 rings (SSSR count). The summed E-state index contributed by atoms with van der Waals surface area (Å²) in [5, 5.41) is 4.58. The van der Waals surface area contributed by atoms with Crippen molar-refractivity contribution in [3.05, 3.63) is 23.8 Å². The minimum absolute atomic E-state index is 0.470. The van der Waals surface area contributed by atoms with Crippen molar-refractivity contribution in [2.75, 3.05) is 5.73 Å². The first-order chi connectivity index (χ1) is 5.29. The predicted molar refractivity (Wildman–Crippen MR) is 43.2 cm³/mol. The van der Waals surface area contributed by atoms with Gasteiger partial charge in [0.05, 0.1) is 5.39 Å². The number of fused-ring (bicyclic) bond motifs is 1. The number of aryl methyl sites for hydroxylation is 1. The highest BCUT2D eigenvalue weighted by Gasteiger charge is 2.05. The zero-order chi connectivity index (χ0) is 7.84. The third-order valence-corrected chi connectivity index (χ3v) is 1.73. The number of anilines is 1. The first kappa shape index (κ1) is 6.22. The summed E-state index contributed by atoms with van der Waals surface area (Å²) in [6.45, 7) is 1.98. The quantitative estimate of drug-likeness (QED) is 0.618. The number of aromatic nitrogens is 1. The van der Waals surface area contributed by atoms with Gasteiger partial charge in [-0.05, 0) is 18.6 Å². The molecule has 11 heavy (non-hydrogen) atoms. The van der Waals surface area contributed by atoms with Crippen LogP contribution in [0.25, 0.3) is 11.0 Å². The second kappa shape index (κ2) is 1.99. The van der Waals surface area contributed by atoms with Crippen molar-refractivity contribution in [1.82, 2.24) is 5.16 Å². The SMILES string of the molecule is Cc1cccc2onc(N)c12. The summed E-state index contributed by atoms with van der Waals surface area (Å²) in [6.07, 6.45) is 0. The predicted octanol–water partition coefficient (Wildman–Crippen LogP) is 1.72. The van der Waals surface area contributed by atoms with Gasteiger partial charge in [0.2, 0.25) is 0 Å². The number of nitrogens with zero attached hydrogens (tertiary/aromatic N) is 1. The van der Waals surface area contributed by atoms with E-state index in [2.05, 4.69) is 5.16 Å². The maximum atomic E-state index is 5.57. The Kier molecular flexibility index (Phi) is 1.12. The highest BCUT2D eigenvalue weighted by molar-refractivity contribution is 5.89. The fraction of sp³-hybridized carbons (Fsp3) is 0.125. The van der Waals surface area contributed by atoms with Crippen LogP contribution in [-0.2, 0) is 0 Å². The van der Waals surface area contributed by atoms with Crippen LogP contribution in [-0.4, -0.2) is 5.16 Å². The number of hydrogen-bond donors (Lipinski definition) is 1. The Morgan fingerprint density at radius 2 is 2.27 bits per heavy atom. The van der Waals surface area contributed by atoms with E-state index < -0.39 is 0 Å². The van der Waals surface area contributed by atoms with Crippen LogP contribution in [0, 0.1) is 6.92 Å². The van der Waals surface area contributed by atoms with Gasteiger partial charge in [0.15, 0.2) is 11.4 Å². The van der Waals surface area contributed by atoms with Gasteiger partial charge in [0, 0.05) is 0 Å². The first-order valence-corrected chi connectivity index (χ1v) is 3.39. The second-order valence-corrected chi connectivity index (χ2v) is 2.52. The fourth-order valence-corrected chi connectivity index (χ4v) is 1.19. The van der Waals surface area contributed by atoms with Gasteiger partial charge in [-0.15, -0.1) is 0 Å². The number of nitrogen functional groups attached to an aromatic ring is 1. The van der Waals surface area contributed by atoms with E-state index in [9.17, 15) is 0 Å². The number of rotatable bonds is 0. The van der Waals surface area contributed by atoms with Gasteiger partial charge in [-0.3, -0.25) is 0 Å². The van der Waals surface area contributed by atoms with Crippen molar-refractivity contribution in [2.24, 2.45) is 0 Å². The normalized spacial score (nSPS) is 10.6. The highest BCUT2D eigenvalue weighted by atomic mass is 16.5. The summed E-state index contributed by atoms with van der Waals surface area (Å²) in [5.41, 5.74) is 7.42. The molecule has 1 heterocycles. The van der Waals surface area contributed by atoms with Gasteiger partial charge in [0.25, 0.3) is 0 Å². The van der Waals surface area contributed by atoms with E-state index in [4.69, 9.17) is 10.3 Å². The molecule has 0 fully saturated rings. The minimum Gasteiger partial charge on any atom is -0.380 e. The lowest BCUT2D eigenvalue weighted by Gasteiger charge is -1.91. The molecule has 0 spiro atoms. The molecule has 0 unspecified atom stereocenters. The average molecular weight is 148 g/mol. The van der Waals surface area contributed by atoms with Crippen molar-refractivity contribution >= 4 is 16.8 Å². The van der Waals surface area contributed by atoms with Gasteiger partial charge in [-0.2, -0.15) is 0 Å². The highest BCUT2D eigenvalue weighted by Crippen LogP contribution is 2.22. The molecule has 0 amide bonds. The molecule has 0 saturated heterocycles. The van der Waals surface area contributed by atoms with Gasteiger partial charge in [-0.1, -0.05) is 17.3 Å². The molecule has 0 saturated carbocycles. The van der Waals surface area contributed by atoms with Gasteiger partial charge >= 0.3 is 0 Å². The van der Waals surface area contributed by atoms with E-state index in [1.165, 1.54) is 0 Å². The molecule has 2 aromatic rings. The fourth-order valence-electron chi connectivity index (χ4n) is 1.19. The van der Waals surface area contributed by atoms with E-state index in [1.54, 1.807) is 0 Å². The van der Waals surface area contributed by atoms with Gasteiger partial charge < -0.3 is 10.3 Å². The van der Waals surface area contributed by atoms with Gasteiger partial charge in [0.1, 0.15) is 0 Å². The van der Waals surface area contributed by atoms with E-state index in [-0.39, 0.29) is 0 Å². The molecule has 0 atom stereocenters. The third kappa shape index (κ3) is 0.774. The maximum absolute atomic E-state index is 5.57. The van der Waals surface area contributed by atoms with Crippen molar-refractivity contribution < 1.29 is 4.52 Å². The number of benzene rings is 1. The van der Waals surface area contributed by atoms with E-state index in [1.807, 2.05) is 25.1 Å². The molecule has 0 radical (unpaired) electrons. The molecular weight excluding hydrogens is 140 g/mol. The largest absolute Gasteiger partial charge is 0.380 e. The monoisotopic (exact) mass is 148 g/mol. The Labute approximate surface area is 63.8 Å². The summed E-state index contributed by atoms with van der Waals surface area (Å²) in [4.78, 5) is 0. The first-order valence-electron chi connectivity index (χ1n) is 3.39. The topological polar surface area (TPSA) is 52.0 Å². The van der Waals surface area contributed by atoms with Gasteiger partial charge in [-0.25, -0.2) is 0 Å². The van der Waals surface area contributed by atoms with Crippen molar-refractivity contribution in [1.29, 1.82) is 0 Å². The van der Waals surface area contributed by atoms with Crippen LogP contribution in [0.4, 0.5) is 5.82 Å². The van der Waals surface area contributed by atoms with Crippen molar-refractivity contribution in [3.63, 3.8) is 0 Å². The Hall–Kier alpha value is -1.51. The average Bonchev–Trinajstić information content (AvgIpc) is 2.34. The molecule has 3 heteroatoms. The molecule has 0 aliphatic carbocycles. The number of nitrogens with two attached hydrogens (primary N) is 1. The summed E-state index contributed by atoms with van der Waals surface area (Å²) in [7, 11) is 0. The second-order valence-electron chi connectivity index (χ2n) is 2.52. The molecular formula is C8H8N2O. The Bertz CT molecular complexity index is 392. The minimum atomic E-state index is 0.470. The van der Waals surface area contributed by atoms with Crippen LogP contribution in [0.5, 0.6) is 0 Å². The van der Waals surface area contributed by atoms with Crippen LogP contribution in [0.2, 0.25) is 0 Å². The summed E-state index contributed by atoms with van der Waals surface area (Å²) >= 11 is 0. The lowest BCUT2D eigenvalue weighted by Crippen LogP contribution is -1.84. The van der Waals surface area contributed by atoms with Crippen LogP contribution >= 0.6 is 0 Å². The molecule has 0 bridgehead atoms. The van der Waals surface area contributed by atoms with E-state index >= 15 is 0 Å². The molecule has 0 aliphatic rings. The van der Waals surface area contributed by atoms with Crippen LogP contribution in [0.3, 0.4) is 0 Å². The van der Waals surface area contributed by atoms with Crippen molar-refractivity contribution in [2.45, 2.75) is 6.92 Å². The van der Waals surface area contributed by atoms with Crippen LogP contribution < -0.4 is 5.73 Å². The molecule has 1 aromatic heterocycles. The molecule has 2 N–H and O–H groups in total. The maximum Gasteiger partial charge on any atom is 0.175 e. The lowest BCUT2D eigenvalue weighted by molar-refractivity contribution is 0.460. The van der Waals surface area contributed by atoms with E-state index in [0.717, 1.165) is 16.5 Å². The van der Waals surface area contributed by atoms with Crippen molar-refractivity contribution in [3.8, 4) is 0 Å². The lowest BCUT2D eigenvalue weighted by atomic mass is 10.1. The summed E-state index contributed by atoms with van der Waals surface area (Å²) < 4.78 is 4.95. The van der Waals surface area contributed by atoms with Crippen LogP contribution in [0.15, 0.2) is 22.7 Å². The third-order valence-electron chi connectivity index (χ3n) is 1.73. The zero-order valence-electron chi connectivity index (χ0n) is 6.16. The summed E-state index contributed by atoms with van der Waals surface area (Å²) in [6, 6.07) is 5.75. The Balaban J connectivity index is 2.96. The Morgan fingerprint density at radius 3 is 3.00 bits per heavy atom. The zero-order valence-corrected chi connectivity index (χ0v) is 6.16. The molecule has 1 aromatic carbocycles. The molecule has 56 valence electrons. The smallest absolute Gasteiger partial charge is 0.175 e. The standard InChI is InChI=1S/C8H8N2O/c1-5-3-2-4-6-7(5)8(9)10-11-6/h2-4H,1H3,(H2,9,10). The Morgan fingerprint density at radius 1 is 1.45 bits per heavy atom. The van der Waals surface area contributed by atoms with Crippen LogP contribution in [0.1, 0.15) is 5.56 Å². The summed E-state index contributed by atoms with van der Waals surface area (Å²) in [5.74, 6) is 0.470. The molecule has 3 nitrogen and oxygen atoms in total. The van der Waals surface area contributed by atoms with E-state index in [0.29, 0.717) is 5.82 Å². The number of hydrogen-bond acceptors (Lipinski definition) is 3.